The predicted octanol–water partition coefficient (Wildman–Crippen LogP) is 1.08. The molecule has 0 aliphatic heterocycles. The van der Waals surface area contributed by atoms with Gasteiger partial charge in [-0.2, -0.15) is 16.8 Å². The molecule has 0 fully saturated rings. The zero-order chi connectivity index (χ0) is 15.9. The van der Waals surface area contributed by atoms with E-state index in [2.05, 4.69) is 0 Å². The van der Waals surface area contributed by atoms with Crippen LogP contribution in [0.15, 0.2) is 42.5 Å². The molecule has 2 rings (SSSR count). The average molecular weight is 331 g/mol. The lowest BCUT2D eigenvalue weighted by Gasteiger charge is -2.31. The van der Waals surface area contributed by atoms with Crippen LogP contribution >= 0.6 is 0 Å². The Morgan fingerprint density at radius 2 is 1.62 bits per heavy atom. The van der Waals surface area contributed by atoms with Gasteiger partial charge in [0.1, 0.15) is 0 Å². The summed E-state index contributed by atoms with van der Waals surface area (Å²) in [5, 5.41) is 0. The standard InChI is InChI=1S/C12H13NO6S2/c13-11-7-2-1-5-9(11)10-6-3-4-8-12(10,20(14,15)16)21(17,18)19/h1-7H,8,13H2,(H,14,15,16)(H,17,18,19). The second-order valence-corrected chi connectivity index (χ2v) is 8.06. The Morgan fingerprint density at radius 3 is 2.14 bits per heavy atom. The number of rotatable bonds is 3. The van der Waals surface area contributed by atoms with E-state index >= 15 is 0 Å². The average Bonchev–Trinajstić information content (AvgIpc) is 2.36. The van der Waals surface area contributed by atoms with Crippen molar-refractivity contribution in [1.29, 1.82) is 0 Å². The number of nitrogen functional groups attached to an aromatic ring is 1. The Kier molecular flexibility index (Phi) is 3.70. The number of benzene rings is 1. The van der Waals surface area contributed by atoms with Crippen LogP contribution in [0, 0.1) is 0 Å². The summed E-state index contributed by atoms with van der Waals surface area (Å²) in [6.07, 6.45) is 3.22. The summed E-state index contributed by atoms with van der Waals surface area (Å²) in [5.74, 6) is 0. The van der Waals surface area contributed by atoms with Crippen molar-refractivity contribution >= 4 is 31.5 Å². The minimum atomic E-state index is -5.17. The van der Waals surface area contributed by atoms with E-state index in [0.29, 0.717) is 0 Å². The van der Waals surface area contributed by atoms with Crippen molar-refractivity contribution < 1.29 is 25.9 Å². The SMILES string of the molecule is Nc1ccccc1C1=CC=CCC1(S(=O)(=O)O)S(=O)(=O)O. The number of para-hydroxylation sites is 1. The largest absolute Gasteiger partial charge is 0.398 e. The second-order valence-electron chi connectivity index (χ2n) is 4.50. The van der Waals surface area contributed by atoms with E-state index in [9.17, 15) is 25.9 Å². The van der Waals surface area contributed by atoms with Crippen LogP contribution in [0.25, 0.3) is 5.57 Å². The number of nitrogens with two attached hydrogens (primary N) is 1. The Morgan fingerprint density at radius 1 is 1.05 bits per heavy atom. The number of hydrogen-bond acceptors (Lipinski definition) is 5. The maximum absolute atomic E-state index is 11.8. The van der Waals surface area contributed by atoms with E-state index in [1.54, 1.807) is 6.07 Å². The molecular weight excluding hydrogens is 318 g/mol. The van der Waals surface area contributed by atoms with Gasteiger partial charge in [-0.25, -0.2) is 0 Å². The van der Waals surface area contributed by atoms with Gasteiger partial charge in [-0.3, -0.25) is 9.11 Å². The summed E-state index contributed by atoms with van der Waals surface area (Å²) in [4.78, 5) is 0. The van der Waals surface area contributed by atoms with Gasteiger partial charge in [0.25, 0.3) is 24.3 Å². The maximum Gasteiger partial charge on any atom is 0.292 e. The third-order valence-corrected chi connectivity index (χ3v) is 6.98. The van der Waals surface area contributed by atoms with Gasteiger partial charge in [-0.15, -0.1) is 0 Å². The zero-order valence-electron chi connectivity index (χ0n) is 10.7. The number of anilines is 1. The molecule has 114 valence electrons. The third kappa shape index (κ3) is 2.38. The highest BCUT2D eigenvalue weighted by molar-refractivity contribution is 8.06. The Hall–Kier alpha value is -1.68. The smallest absolute Gasteiger partial charge is 0.292 e. The fourth-order valence-electron chi connectivity index (χ4n) is 2.28. The lowest BCUT2D eigenvalue weighted by atomic mass is 9.95. The van der Waals surface area contributed by atoms with Crippen LogP contribution in [0.4, 0.5) is 5.69 Å². The molecule has 0 heterocycles. The summed E-state index contributed by atoms with van der Waals surface area (Å²) in [6, 6.07) is 5.98. The molecular formula is C12H13NO6S2. The molecule has 1 aliphatic rings. The number of hydrogen-bond donors (Lipinski definition) is 3. The van der Waals surface area contributed by atoms with Crippen molar-refractivity contribution in [3.63, 3.8) is 0 Å². The Balaban J connectivity index is 2.88. The van der Waals surface area contributed by atoms with E-state index in [-0.39, 0.29) is 16.8 Å². The van der Waals surface area contributed by atoms with Gasteiger partial charge in [0.15, 0.2) is 0 Å². The number of allylic oxidation sites excluding steroid dienone is 3. The highest BCUT2D eigenvalue weighted by atomic mass is 32.3. The van der Waals surface area contributed by atoms with E-state index in [1.807, 2.05) is 0 Å². The van der Waals surface area contributed by atoms with Crippen LogP contribution in [0.1, 0.15) is 12.0 Å². The molecule has 0 bridgehead atoms. The summed E-state index contributed by atoms with van der Waals surface area (Å²) < 4.78 is 63.1. The van der Waals surface area contributed by atoms with Gasteiger partial charge in [-0.1, -0.05) is 36.4 Å². The van der Waals surface area contributed by atoms with Crippen molar-refractivity contribution in [2.24, 2.45) is 0 Å². The molecule has 0 amide bonds. The van der Waals surface area contributed by atoms with Gasteiger partial charge >= 0.3 is 0 Å². The molecule has 1 aromatic carbocycles. The van der Waals surface area contributed by atoms with Crippen LogP contribution in [-0.4, -0.2) is 30.0 Å². The van der Waals surface area contributed by atoms with Crippen LogP contribution in [0.2, 0.25) is 0 Å². The van der Waals surface area contributed by atoms with Gasteiger partial charge < -0.3 is 5.73 Å². The zero-order valence-corrected chi connectivity index (χ0v) is 12.3. The summed E-state index contributed by atoms with van der Waals surface area (Å²) in [5.41, 5.74) is 5.67. The molecule has 0 radical (unpaired) electrons. The van der Waals surface area contributed by atoms with Crippen molar-refractivity contribution in [1.82, 2.24) is 0 Å². The summed E-state index contributed by atoms with van der Waals surface area (Å²) >= 11 is 0. The topological polar surface area (TPSA) is 135 Å². The van der Waals surface area contributed by atoms with Crippen LogP contribution in [-0.2, 0) is 20.2 Å². The first-order chi connectivity index (χ1) is 9.61. The van der Waals surface area contributed by atoms with Gasteiger partial charge in [-0.05, 0) is 6.07 Å². The fraction of sp³-hybridized carbons (Fsp3) is 0.167. The summed E-state index contributed by atoms with van der Waals surface area (Å²) in [6.45, 7) is 0. The first kappa shape index (κ1) is 15.7. The molecule has 0 spiro atoms. The van der Waals surface area contributed by atoms with Crippen molar-refractivity contribution in [3.8, 4) is 0 Å². The normalized spacial score (nSPS) is 18.3. The molecule has 7 nitrogen and oxygen atoms in total. The molecule has 0 atom stereocenters. The van der Waals surface area contributed by atoms with Gasteiger partial charge in [0.2, 0.25) is 0 Å². The maximum atomic E-state index is 11.8. The van der Waals surface area contributed by atoms with E-state index < -0.39 is 30.7 Å². The fourth-order valence-corrected chi connectivity index (χ4v) is 4.87. The molecule has 0 saturated carbocycles. The molecule has 1 aromatic rings. The van der Waals surface area contributed by atoms with E-state index in [4.69, 9.17) is 5.73 Å². The van der Waals surface area contributed by atoms with Crippen LogP contribution in [0.3, 0.4) is 0 Å². The first-order valence-electron chi connectivity index (χ1n) is 5.77. The molecule has 0 unspecified atom stereocenters. The monoisotopic (exact) mass is 331 g/mol. The summed E-state index contributed by atoms with van der Waals surface area (Å²) in [7, 11) is -10.3. The van der Waals surface area contributed by atoms with Crippen molar-refractivity contribution in [2.75, 3.05) is 5.73 Å². The first-order valence-corrected chi connectivity index (χ1v) is 8.65. The van der Waals surface area contributed by atoms with E-state index in [0.717, 1.165) is 0 Å². The highest BCUT2D eigenvalue weighted by Crippen LogP contribution is 2.44. The van der Waals surface area contributed by atoms with E-state index in [1.165, 1.54) is 36.4 Å². The van der Waals surface area contributed by atoms with Crippen molar-refractivity contribution in [2.45, 2.75) is 10.5 Å². The minimum Gasteiger partial charge on any atom is -0.398 e. The Bertz CT molecular complexity index is 804. The molecule has 1 aliphatic carbocycles. The van der Waals surface area contributed by atoms with Crippen molar-refractivity contribution in [3.05, 3.63) is 48.1 Å². The van der Waals surface area contributed by atoms with Crippen LogP contribution < -0.4 is 5.73 Å². The molecule has 4 N–H and O–H groups in total. The molecule has 0 aromatic heterocycles. The quantitative estimate of drug-likeness (QED) is 0.557. The lowest BCUT2D eigenvalue weighted by molar-refractivity contribution is 0.440. The molecule has 0 saturated heterocycles. The molecule has 21 heavy (non-hydrogen) atoms. The second kappa shape index (κ2) is 4.95. The van der Waals surface area contributed by atoms with Gasteiger partial charge in [0.05, 0.1) is 0 Å². The minimum absolute atomic E-state index is 0.108. The van der Waals surface area contributed by atoms with Gasteiger partial charge in [0, 0.05) is 23.2 Å². The Labute approximate surface area is 122 Å². The molecule has 9 heteroatoms. The highest BCUT2D eigenvalue weighted by Gasteiger charge is 2.57. The predicted molar refractivity (Wildman–Crippen MR) is 78.4 cm³/mol. The third-order valence-electron chi connectivity index (χ3n) is 3.28. The van der Waals surface area contributed by atoms with Crippen LogP contribution in [0.5, 0.6) is 0 Å². The lowest BCUT2D eigenvalue weighted by Crippen LogP contribution is -2.47.